The van der Waals surface area contributed by atoms with Crippen LogP contribution in [-0.2, 0) is 4.74 Å². The Morgan fingerprint density at radius 1 is 1.44 bits per heavy atom. The highest BCUT2D eigenvalue weighted by Gasteiger charge is 2.29. The SMILES string of the molecule is CO[C@H]1CCN(c2ccc(C(C)C)nc2)C[C@@H]1F. The smallest absolute Gasteiger partial charge is 0.144 e. The van der Waals surface area contributed by atoms with Crippen molar-refractivity contribution in [2.75, 3.05) is 25.1 Å². The van der Waals surface area contributed by atoms with E-state index in [-0.39, 0.29) is 6.10 Å². The van der Waals surface area contributed by atoms with E-state index in [0.717, 1.165) is 24.3 Å². The first-order chi connectivity index (χ1) is 8.61. The molecule has 18 heavy (non-hydrogen) atoms. The second-order valence-corrected chi connectivity index (χ2v) is 5.12. The highest BCUT2D eigenvalue weighted by molar-refractivity contribution is 5.45. The molecule has 2 atom stereocenters. The molecule has 1 fully saturated rings. The quantitative estimate of drug-likeness (QED) is 0.827. The Labute approximate surface area is 108 Å². The van der Waals surface area contributed by atoms with Gasteiger partial charge in [-0.3, -0.25) is 4.98 Å². The van der Waals surface area contributed by atoms with Crippen molar-refractivity contribution < 1.29 is 9.13 Å². The van der Waals surface area contributed by atoms with Gasteiger partial charge in [0.2, 0.25) is 0 Å². The zero-order valence-corrected chi connectivity index (χ0v) is 11.3. The number of methoxy groups -OCH3 is 1. The Bertz CT molecular complexity index is 380. The van der Waals surface area contributed by atoms with Gasteiger partial charge in [0, 0.05) is 19.3 Å². The lowest BCUT2D eigenvalue weighted by Crippen LogP contribution is -2.45. The topological polar surface area (TPSA) is 25.4 Å². The van der Waals surface area contributed by atoms with E-state index < -0.39 is 6.17 Å². The zero-order valence-electron chi connectivity index (χ0n) is 11.3. The van der Waals surface area contributed by atoms with Gasteiger partial charge in [-0.05, 0) is 24.5 Å². The van der Waals surface area contributed by atoms with Crippen LogP contribution in [0.5, 0.6) is 0 Å². The summed E-state index contributed by atoms with van der Waals surface area (Å²) in [5, 5.41) is 0. The van der Waals surface area contributed by atoms with E-state index in [2.05, 4.69) is 18.8 Å². The van der Waals surface area contributed by atoms with Crippen LogP contribution in [0.1, 0.15) is 31.9 Å². The highest BCUT2D eigenvalue weighted by atomic mass is 19.1. The van der Waals surface area contributed by atoms with Crippen LogP contribution in [0.3, 0.4) is 0 Å². The molecule has 4 heteroatoms. The molecule has 0 unspecified atom stereocenters. The van der Waals surface area contributed by atoms with Gasteiger partial charge in [-0.2, -0.15) is 0 Å². The van der Waals surface area contributed by atoms with Crippen LogP contribution < -0.4 is 4.90 Å². The number of ether oxygens (including phenoxy) is 1. The summed E-state index contributed by atoms with van der Waals surface area (Å²) in [6.45, 7) is 5.44. The van der Waals surface area contributed by atoms with E-state index in [0.29, 0.717) is 12.5 Å². The van der Waals surface area contributed by atoms with Gasteiger partial charge in [0.25, 0.3) is 0 Å². The number of anilines is 1. The van der Waals surface area contributed by atoms with Crippen molar-refractivity contribution >= 4 is 5.69 Å². The number of nitrogens with zero attached hydrogens (tertiary/aromatic N) is 2. The number of pyridine rings is 1. The fourth-order valence-corrected chi connectivity index (χ4v) is 2.31. The van der Waals surface area contributed by atoms with Gasteiger partial charge in [-0.25, -0.2) is 4.39 Å². The summed E-state index contributed by atoms with van der Waals surface area (Å²) in [4.78, 5) is 6.46. The molecule has 1 aromatic rings. The Kier molecular flexibility index (Phi) is 4.17. The first-order valence-electron chi connectivity index (χ1n) is 6.49. The van der Waals surface area contributed by atoms with Crippen molar-refractivity contribution in [1.29, 1.82) is 0 Å². The maximum absolute atomic E-state index is 13.8. The fraction of sp³-hybridized carbons (Fsp3) is 0.643. The Morgan fingerprint density at radius 3 is 2.72 bits per heavy atom. The molecule has 1 saturated heterocycles. The monoisotopic (exact) mass is 252 g/mol. The van der Waals surface area contributed by atoms with Gasteiger partial charge in [0.05, 0.1) is 24.5 Å². The summed E-state index contributed by atoms with van der Waals surface area (Å²) in [6, 6.07) is 4.05. The number of aromatic nitrogens is 1. The van der Waals surface area contributed by atoms with Crippen molar-refractivity contribution in [3.63, 3.8) is 0 Å². The normalized spacial score (nSPS) is 24.6. The van der Waals surface area contributed by atoms with Gasteiger partial charge in [0.15, 0.2) is 0 Å². The van der Waals surface area contributed by atoms with Crippen LogP contribution in [0.25, 0.3) is 0 Å². The number of piperidine rings is 1. The average Bonchev–Trinajstić information content (AvgIpc) is 2.38. The molecule has 0 N–H and O–H groups in total. The van der Waals surface area contributed by atoms with E-state index in [1.807, 2.05) is 23.2 Å². The highest BCUT2D eigenvalue weighted by Crippen LogP contribution is 2.23. The van der Waals surface area contributed by atoms with E-state index in [4.69, 9.17) is 4.74 Å². The largest absolute Gasteiger partial charge is 0.378 e. The lowest BCUT2D eigenvalue weighted by Gasteiger charge is -2.35. The number of hydrogen-bond donors (Lipinski definition) is 0. The molecule has 0 aliphatic carbocycles. The van der Waals surface area contributed by atoms with Crippen molar-refractivity contribution in [2.45, 2.75) is 38.5 Å². The Balaban J connectivity index is 2.04. The van der Waals surface area contributed by atoms with E-state index in [1.165, 1.54) is 0 Å². The summed E-state index contributed by atoms with van der Waals surface area (Å²) >= 11 is 0. The van der Waals surface area contributed by atoms with Crippen LogP contribution in [0.4, 0.5) is 10.1 Å². The molecule has 3 nitrogen and oxygen atoms in total. The summed E-state index contributed by atoms with van der Waals surface area (Å²) < 4.78 is 18.9. The fourth-order valence-electron chi connectivity index (χ4n) is 2.31. The van der Waals surface area contributed by atoms with Gasteiger partial charge in [-0.1, -0.05) is 13.8 Å². The third kappa shape index (κ3) is 2.80. The van der Waals surface area contributed by atoms with Crippen molar-refractivity contribution in [1.82, 2.24) is 4.98 Å². The van der Waals surface area contributed by atoms with Crippen LogP contribution in [0, 0.1) is 0 Å². The molecule has 1 aliphatic heterocycles. The third-order valence-electron chi connectivity index (χ3n) is 3.51. The minimum atomic E-state index is -0.923. The molecule has 0 saturated carbocycles. The first-order valence-corrected chi connectivity index (χ1v) is 6.49. The Hall–Kier alpha value is -1.16. The molecule has 1 aliphatic rings. The summed E-state index contributed by atoms with van der Waals surface area (Å²) in [7, 11) is 1.58. The molecule has 2 heterocycles. The molecule has 0 bridgehead atoms. The van der Waals surface area contributed by atoms with Crippen molar-refractivity contribution in [3.05, 3.63) is 24.0 Å². The lowest BCUT2D eigenvalue weighted by molar-refractivity contribution is 0.0197. The second kappa shape index (κ2) is 5.65. The molecule has 0 radical (unpaired) electrons. The molecule has 0 amide bonds. The molecule has 2 rings (SSSR count). The van der Waals surface area contributed by atoms with Crippen LogP contribution in [0.15, 0.2) is 18.3 Å². The van der Waals surface area contributed by atoms with Crippen LogP contribution in [0.2, 0.25) is 0 Å². The number of hydrogen-bond acceptors (Lipinski definition) is 3. The zero-order chi connectivity index (χ0) is 13.1. The summed E-state index contributed by atoms with van der Waals surface area (Å²) in [6.07, 6.45) is 1.39. The third-order valence-corrected chi connectivity index (χ3v) is 3.51. The number of halogens is 1. The molecule has 1 aromatic heterocycles. The predicted octanol–water partition coefficient (Wildman–Crippen LogP) is 2.77. The van der Waals surface area contributed by atoms with Gasteiger partial charge in [0.1, 0.15) is 6.17 Å². The predicted molar refractivity (Wildman–Crippen MR) is 70.8 cm³/mol. The maximum atomic E-state index is 13.8. The van der Waals surface area contributed by atoms with E-state index >= 15 is 0 Å². The number of rotatable bonds is 3. The summed E-state index contributed by atoms with van der Waals surface area (Å²) in [5.41, 5.74) is 2.07. The van der Waals surface area contributed by atoms with Crippen LogP contribution in [-0.4, -0.2) is 37.5 Å². The Morgan fingerprint density at radius 2 is 2.22 bits per heavy atom. The first kappa shape index (κ1) is 13.3. The maximum Gasteiger partial charge on any atom is 0.144 e. The minimum Gasteiger partial charge on any atom is -0.378 e. The molecule has 0 aromatic carbocycles. The van der Waals surface area contributed by atoms with Crippen molar-refractivity contribution in [2.24, 2.45) is 0 Å². The van der Waals surface area contributed by atoms with Crippen molar-refractivity contribution in [3.8, 4) is 0 Å². The van der Waals surface area contributed by atoms with Gasteiger partial charge in [-0.15, -0.1) is 0 Å². The van der Waals surface area contributed by atoms with Crippen LogP contribution >= 0.6 is 0 Å². The molecule has 100 valence electrons. The lowest BCUT2D eigenvalue weighted by atomic mass is 10.0. The standard InChI is InChI=1S/C14H21FN2O/c1-10(2)13-5-4-11(8-16-13)17-7-6-14(18-3)12(15)9-17/h4-5,8,10,12,14H,6-7,9H2,1-3H3/t12-,14-/m0/s1. The van der Waals surface area contributed by atoms with E-state index in [9.17, 15) is 4.39 Å². The minimum absolute atomic E-state index is 0.260. The van der Waals surface area contributed by atoms with Gasteiger partial charge >= 0.3 is 0 Å². The summed E-state index contributed by atoms with van der Waals surface area (Å²) in [5.74, 6) is 0.423. The molecular formula is C14H21FN2O. The molecule has 0 spiro atoms. The second-order valence-electron chi connectivity index (χ2n) is 5.12. The van der Waals surface area contributed by atoms with E-state index in [1.54, 1.807) is 7.11 Å². The number of alkyl halides is 1. The average molecular weight is 252 g/mol. The molecular weight excluding hydrogens is 231 g/mol. The van der Waals surface area contributed by atoms with Gasteiger partial charge < -0.3 is 9.64 Å².